The predicted octanol–water partition coefficient (Wildman–Crippen LogP) is 3.91. The predicted molar refractivity (Wildman–Crippen MR) is 70.0 cm³/mol. The molecule has 0 aliphatic rings. The molecule has 0 spiro atoms. The largest absolute Gasteiger partial charge is 0.458 e. The summed E-state index contributed by atoms with van der Waals surface area (Å²) in [7, 11) is 0. The average Bonchev–Trinajstić information content (AvgIpc) is 2.72. The number of para-hydroxylation sites is 1. The van der Waals surface area contributed by atoms with Crippen LogP contribution in [0.5, 0.6) is 0 Å². The Hall–Kier alpha value is -1.54. The molecule has 0 saturated heterocycles. The summed E-state index contributed by atoms with van der Waals surface area (Å²) >= 11 is 0. The molecule has 17 heavy (non-hydrogen) atoms. The Bertz CT molecular complexity index is 535. The van der Waals surface area contributed by atoms with E-state index < -0.39 is 5.60 Å². The molecule has 0 amide bonds. The number of benzene rings is 1. The summed E-state index contributed by atoms with van der Waals surface area (Å²) in [5.74, 6) is 0.628. The fourth-order valence-corrected chi connectivity index (χ4v) is 1.98. The zero-order valence-corrected chi connectivity index (χ0v) is 10.4. The Morgan fingerprint density at radius 1 is 1.47 bits per heavy atom. The average molecular weight is 230 g/mol. The van der Waals surface area contributed by atoms with E-state index in [1.807, 2.05) is 37.3 Å². The second kappa shape index (κ2) is 4.38. The molecule has 1 aromatic carbocycles. The molecule has 1 atom stereocenters. The molecule has 2 rings (SSSR count). The molecule has 1 heterocycles. The lowest BCUT2D eigenvalue weighted by Crippen LogP contribution is -2.19. The second-order valence-corrected chi connectivity index (χ2v) is 4.71. The molecule has 1 aromatic heterocycles. The standard InChI is InChI=1S/C15H18O2/c1-4-5-9-15(3,16)13-10-12-8-6-7-11(2)14(12)17-13/h4,6-8,10,16H,1,5,9H2,2-3H3. The van der Waals surface area contributed by atoms with Gasteiger partial charge in [-0.15, -0.1) is 6.58 Å². The van der Waals surface area contributed by atoms with Crippen LogP contribution in [0.25, 0.3) is 11.0 Å². The van der Waals surface area contributed by atoms with Gasteiger partial charge in [0.05, 0.1) is 0 Å². The summed E-state index contributed by atoms with van der Waals surface area (Å²) in [4.78, 5) is 0. The molecule has 1 unspecified atom stereocenters. The number of hydrogen-bond acceptors (Lipinski definition) is 2. The van der Waals surface area contributed by atoms with Gasteiger partial charge in [0.2, 0.25) is 0 Å². The third-order valence-corrected chi connectivity index (χ3v) is 3.11. The van der Waals surface area contributed by atoms with Crippen molar-refractivity contribution in [3.05, 3.63) is 48.2 Å². The smallest absolute Gasteiger partial charge is 0.137 e. The fourth-order valence-electron chi connectivity index (χ4n) is 1.98. The lowest BCUT2D eigenvalue weighted by molar-refractivity contribution is 0.0278. The number of allylic oxidation sites excluding steroid dienone is 1. The van der Waals surface area contributed by atoms with Crippen molar-refractivity contribution < 1.29 is 9.52 Å². The van der Waals surface area contributed by atoms with Crippen molar-refractivity contribution in [3.8, 4) is 0 Å². The van der Waals surface area contributed by atoms with Gasteiger partial charge >= 0.3 is 0 Å². The first-order chi connectivity index (χ1) is 8.04. The van der Waals surface area contributed by atoms with Crippen LogP contribution in [0.1, 0.15) is 31.1 Å². The molecule has 0 saturated carbocycles. The third kappa shape index (κ3) is 2.27. The van der Waals surface area contributed by atoms with Crippen LogP contribution in [0.4, 0.5) is 0 Å². The van der Waals surface area contributed by atoms with E-state index in [9.17, 15) is 5.11 Å². The number of aryl methyl sites for hydroxylation is 1. The Labute approximate surface area is 102 Å². The van der Waals surface area contributed by atoms with Gasteiger partial charge in [0, 0.05) is 5.39 Å². The van der Waals surface area contributed by atoms with Crippen molar-refractivity contribution in [2.45, 2.75) is 32.3 Å². The van der Waals surface area contributed by atoms with E-state index >= 15 is 0 Å². The van der Waals surface area contributed by atoms with E-state index in [1.165, 1.54) is 0 Å². The maximum Gasteiger partial charge on any atom is 0.137 e. The quantitative estimate of drug-likeness (QED) is 0.808. The van der Waals surface area contributed by atoms with Crippen LogP contribution >= 0.6 is 0 Å². The van der Waals surface area contributed by atoms with E-state index in [1.54, 1.807) is 6.92 Å². The van der Waals surface area contributed by atoms with Gasteiger partial charge in [0.25, 0.3) is 0 Å². The summed E-state index contributed by atoms with van der Waals surface area (Å²) in [5, 5.41) is 11.4. The maximum absolute atomic E-state index is 10.4. The van der Waals surface area contributed by atoms with Crippen LogP contribution in [-0.2, 0) is 5.60 Å². The summed E-state index contributed by atoms with van der Waals surface area (Å²) in [5.41, 5.74) is 1.02. The minimum atomic E-state index is -0.931. The number of hydrogen-bond donors (Lipinski definition) is 1. The lowest BCUT2D eigenvalue weighted by Gasteiger charge is -2.19. The lowest BCUT2D eigenvalue weighted by atomic mass is 9.97. The molecule has 2 nitrogen and oxygen atoms in total. The van der Waals surface area contributed by atoms with E-state index in [2.05, 4.69) is 6.58 Å². The number of aliphatic hydroxyl groups is 1. The van der Waals surface area contributed by atoms with Crippen LogP contribution in [0, 0.1) is 6.92 Å². The molecule has 0 aliphatic heterocycles. The van der Waals surface area contributed by atoms with E-state index in [-0.39, 0.29) is 0 Å². The van der Waals surface area contributed by atoms with E-state index in [0.717, 1.165) is 23.0 Å². The first-order valence-corrected chi connectivity index (χ1v) is 5.87. The zero-order valence-electron chi connectivity index (χ0n) is 10.4. The molecular weight excluding hydrogens is 212 g/mol. The Morgan fingerprint density at radius 2 is 2.24 bits per heavy atom. The summed E-state index contributed by atoms with van der Waals surface area (Å²) in [6.45, 7) is 7.46. The zero-order chi connectivity index (χ0) is 12.5. The van der Waals surface area contributed by atoms with Gasteiger partial charge in [-0.2, -0.15) is 0 Å². The van der Waals surface area contributed by atoms with Gasteiger partial charge in [-0.25, -0.2) is 0 Å². The molecule has 2 aromatic rings. The SMILES string of the molecule is C=CCCC(C)(O)c1cc2cccc(C)c2o1. The summed E-state index contributed by atoms with van der Waals surface area (Å²) in [6.07, 6.45) is 3.20. The molecule has 0 fully saturated rings. The Balaban J connectivity index is 2.42. The minimum absolute atomic E-state index is 0.620. The fraction of sp³-hybridized carbons (Fsp3) is 0.333. The summed E-state index contributed by atoms with van der Waals surface area (Å²) in [6, 6.07) is 7.92. The molecule has 0 aliphatic carbocycles. The number of fused-ring (bicyclic) bond motifs is 1. The maximum atomic E-state index is 10.4. The van der Waals surface area contributed by atoms with Gasteiger partial charge in [0.15, 0.2) is 0 Å². The van der Waals surface area contributed by atoms with Crippen LogP contribution < -0.4 is 0 Å². The highest BCUT2D eigenvalue weighted by Gasteiger charge is 2.26. The molecular formula is C15H18O2. The molecule has 2 heteroatoms. The molecule has 90 valence electrons. The van der Waals surface area contributed by atoms with Crippen LogP contribution in [0.3, 0.4) is 0 Å². The first-order valence-electron chi connectivity index (χ1n) is 5.87. The van der Waals surface area contributed by atoms with Gasteiger partial charge in [-0.1, -0.05) is 24.3 Å². The topological polar surface area (TPSA) is 33.4 Å². The van der Waals surface area contributed by atoms with Crippen molar-refractivity contribution in [2.75, 3.05) is 0 Å². The molecule has 0 radical (unpaired) electrons. The van der Waals surface area contributed by atoms with Gasteiger partial charge < -0.3 is 9.52 Å². The second-order valence-electron chi connectivity index (χ2n) is 4.71. The summed E-state index contributed by atoms with van der Waals surface area (Å²) < 4.78 is 5.78. The van der Waals surface area contributed by atoms with Crippen molar-refractivity contribution in [1.29, 1.82) is 0 Å². The highest BCUT2D eigenvalue weighted by atomic mass is 16.4. The van der Waals surface area contributed by atoms with Crippen molar-refractivity contribution >= 4 is 11.0 Å². The van der Waals surface area contributed by atoms with Gasteiger partial charge in [0.1, 0.15) is 16.9 Å². The molecule has 0 bridgehead atoms. The normalized spacial score (nSPS) is 14.8. The third-order valence-electron chi connectivity index (χ3n) is 3.11. The monoisotopic (exact) mass is 230 g/mol. The Morgan fingerprint density at radius 3 is 2.88 bits per heavy atom. The van der Waals surface area contributed by atoms with Crippen molar-refractivity contribution in [1.82, 2.24) is 0 Å². The van der Waals surface area contributed by atoms with Crippen LogP contribution in [0.2, 0.25) is 0 Å². The van der Waals surface area contributed by atoms with Crippen molar-refractivity contribution in [2.24, 2.45) is 0 Å². The van der Waals surface area contributed by atoms with Crippen LogP contribution in [-0.4, -0.2) is 5.11 Å². The first kappa shape index (κ1) is 11.9. The van der Waals surface area contributed by atoms with Crippen molar-refractivity contribution in [3.63, 3.8) is 0 Å². The molecule has 1 N–H and O–H groups in total. The Kier molecular flexibility index (Phi) is 3.07. The highest BCUT2D eigenvalue weighted by Crippen LogP contribution is 2.32. The van der Waals surface area contributed by atoms with Crippen LogP contribution in [0.15, 0.2) is 41.3 Å². The number of rotatable bonds is 4. The minimum Gasteiger partial charge on any atom is -0.458 e. The highest BCUT2D eigenvalue weighted by molar-refractivity contribution is 5.81. The van der Waals surface area contributed by atoms with E-state index in [0.29, 0.717) is 12.2 Å². The van der Waals surface area contributed by atoms with Gasteiger partial charge in [-0.05, 0) is 38.3 Å². The number of furan rings is 1. The van der Waals surface area contributed by atoms with E-state index in [4.69, 9.17) is 4.42 Å². The van der Waals surface area contributed by atoms with Gasteiger partial charge in [-0.3, -0.25) is 0 Å².